The van der Waals surface area contributed by atoms with Crippen molar-refractivity contribution in [2.45, 2.75) is 37.1 Å². The molecule has 3 saturated heterocycles. The molecule has 0 spiro atoms. The molecule has 2 aromatic rings. The van der Waals surface area contributed by atoms with Gasteiger partial charge in [-0.15, -0.1) is 0 Å². The summed E-state index contributed by atoms with van der Waals surface area (Å²) < 4.78 is 79.2. The molecule has 0 saturated carbocycles. The van der Waals surface area contributed by atoms with E-state index in [1.165, 1.54) is 22.7 Å². The predicted molar refractivity (Wildman–Crippen MR) is 124 cm³/mol. The zero-order valence-corrected chi connectivity index (χ0v) is 20.4. The van der Waals surface area contributed by atoms with Crippen LogP contribution in [0, 0.1) is 11.6 Å². The maximum atomic E-state index is 14.7. The van der Waals surface area contributed by atoms with E-state index in [4.69, 9.17) is 9.47 Å². The van der Waals surface area contributed by atoms with Gasteiger partial charge >= 0.3 is 0 Å². The third kappa shape index (κ3) is 5.21. The summed E-state index contributed by atoms with van der Waals surface area (Å²) in [6, 6.07) is 9.96. The first-order valence-electron chi connectivity index (χ1n) is 11.8. The van der Waals surface area contributed by atoms with Crippen LogP contribution in [-0.2, 0) is 27.0 Å². The van der Waals surface area contributed by atoms with Gasteiger partial charge in [-0.05, 0) is 47.6 Å². The molecule has 0 aliphatic carbocycles. The van der Waals surface area contributed by atoms with Crippen LogP contribution in [0.3, 0.4) is 0 Å². The molecule has 2 aromatic carbocycles. The number of likely N-dealkylation sites (tertiary alicyclic amines) is 1. The molecule has 5 rings (SSSR count). The topological polar surface area (TPSA) is 59.1 Å². The predicted octanol–water partition coefficient (Wildman–Crippen LogP) is 3.56. The Bertz CT molecular complexity index is 1150. The van der Waals surface area contributed by atoms with Gasteiger partial charge < -0.3 is 9.47 Å². The summed E-state index contributed by atoms with van der Waals surface area (Å²) in [7, 11) is -3.25. The van der Waals surface area contributed by atoms with Gasteiger partial charge in [0.1, 0.15) is 6.10 Å². The Morgan fingerprint density at radius 3 is 2.17 bits per heavy atom. The Balaban J connectivity index is 1.13. The van der Waals surface area contributed by atoms with E-state index in [9.17, 15) is 21.6 Å². The Morgan fingerprint density at radius 1 is 1.06 bits per heavy atom. The molecule has 35 heavy (non-hydrogen) atoms. The number of rotatable bonds is 7. The van der Waals surface area contributed by atoms with Crippen molar-refractivity contribution in [2.24, 2.45) is 0 Å². The minimum atomic E-state index is -3.25. The van der Waals surface area contributed by atoms with Gasteiger partial charge in [0.05, 0.1) is 19.5 Å². The SMILES string of the molecule is CS(=O)(=O)N1CCC(c2cc(F)c(OC3CN(Cc4ccc(C5(F)COC5)cc4)C3)c(F)c2)CC1. The number of benzene rings is 2. The van der Waals surface area contributed by atoms with Crippen molar-refractivity contribution in [3.63, 3.8) is 0 Å². The fourth-order valence-corrected chi connectivity index (χ4v) is 5.83. The quantitative estimate of drug-likeness (QED) is 0.570. The van der Waals surface area contributed by atoms with E-state index in [0.717, 1.165) is 5.56 Å². The third-order valence-electron chi connectivity index (χ3n) is 7.16. The summed E-state index contributed by atoms with van der Waals surface area (Å²) in [6.45, 7) is 2.58. The molecule has 3 heterocycles. The summed E-state index contributed by atoms with van der Waals surface area (Å²) in [5, 5.41) is 0. The highest BCUT2D eigenvalue weighted by atomic mass is 32.2. The van der Waals surface area contributed by atoms with Crippen LogP contribution in [-0.4, -0.2) is 69.4 Å². The van der Waals surface area contributed by atoms with E-state index in [-0.39, 0.29) is 31.0 Å². The maximum absolute atomic E-state index is 14.7. The van der Waals surface area contributed by atoms with E-state index < -0.39 is 27.3 Å². The van der Waals surface area contributed by atoms with E-state index in [0.29, 0.717) is 56.7 Å². The Kier molecular flexibility index (Phi) is 6.58. The van der Waals surface area contributed by atoms with E-state index in [1.807, 2.05) is 12.1 Å². The number of sulfonamides is 1. The van der Waals surface area contributed by atoms with Crippen LogP contribution in [0.25, 0.3) is 0 Å². The van der Waals surface area contributed by atoms with E-state index in [2.05, 4.69) is 4.90 Å². The zero-order valence-electron chi connectivity index (χ0n) is 19.6. The number of ether oxygens (including phenoxy) is 2. The summed E-state index contributed by atoms with van der Waals surface area (Å²) in [4.78, 5) is 2.09. The largest absolute Gasteiger partial charge is 0.482 e. The van der Waals surface area contributed by atoms with Crippen molar-refractivity contribution < 1.29 is 31.1 Å². The third-order valence-corrected chi connectivity index (χ3v) is 8.47. The van der Waals surface area contributed by atoms with E-state index in [1.54, 1.807) is 12.1 Å². The van der Waals surface area contributed by atoms with Crippen molar-refractivity contribution in [2.75, 3.05) is 45.6 Å². The first-order chi connectivity index (χ1) is 16.6. The molecule has 3 aliphatic heterocycles. The van der Waals surface area contributed by atoms with Crippen molar-refractivity contribution in [1.82, 2.24) is 9.21 Å². The van der Waals surface area contributed by atoms with Gasteiger partial charge in [-0.1, -0.05) is 24.3 Å². The highest BCUT2D eigenvalue weighted by Crippen LogP contribution is 2.35. The Morgan fingerprint density at radius 2 is 1.66 bits per heavy atom. The van der Waals surface area contributed by atoms with Crippen LogP contribution in [0.5, 0.6) is 5.75 Å². The highest BCUT2D eigenvalue weighted by Gasteiger charge is 2.40. The molecule has 190 valence electrons. The lowest BCUT2D eigenvalue weighted by Gasteiger charge is -2.39. The Labute approximate surface area is 203 Å². The zero-order chi connectivity index (χ0) is 24.8. The molecule has 0 amide bonds. The van der Waals surface area contributed by atoms with Gasteiger partial charge in [0.15, 0.2) is 23.1 Å². The minimum Gasteiger partial charge on any atom is -0.482 e. The fourth-order valence-electron chi connectivity index (χ4n) is 4.96. The second-order valence-electron chi connectivity index (χ2n) is 9.84. The first kappa shape index (κ1) is 24.5. The van der Waals surface area contributed by atoms with Crippen LogP contribution >= 0.6 is 0 Å². The lowest BCUT2D eigenvalue weighted by atomic mass is 9.90. The average molecular weight is 511 g/mol. The summed E-state index contributed by atoms with van der Waals surface area (Å²) in [6.07, 6.45) is 1.89. The number of piperidine rings is 1. The van der Waals surface area contributed by atoms with Gasteiger partial charge in [-0.25, -0.2) is 25.9 Å². The molecular weight excluding hydrogens is 481 g/mol. The molecule has 0 aromatic heterocycles. The molecule has 0 unspecified atom stereocenters. The van der Waals surface area contributed by atoms with Crippen LogP contribution in [0.15, 0.2) is 36.4 Å². The molecule has 0 radical (unpaired) electrons. The van der Waals surface area contributed by atoms with Crippen LogP contribution < -0.4 is 4.74 Å². The summed E-state index contributed by atoms with van der Waals surface area (Å²) in [5.74, 6) is -1.94. The average Bonchev–Trinajstić information content (AvgIpc) is 2.77. The van der Waals surface area contributed by atoms with Crippen LogP contribution in [0.1, 0.15) is 35.4 Å². The number of halogens is 3. The molecule has 6 nitrogen and oxygen atoms in total. The van der Waals surface area contributed by atoms with Crippen LogP contribution in [0.2, 0.25) is 0 Å². The lowest BCUT2D eigenvalue weighted by Crippen LogP contribution is -2.53. The highest BCUT2D eigenvalue weighted by molar-refractivity contribution is 7.88. The van der Waals surface area contributed by atoms with Gasteiger partial charge in [-0.2, -0.15) is 0 Å². The minimum absolute atomic E-state index is 0.0913. The van der Waals surface area contributed by atoms with Crippen molar-refractivity contribution in [3.05, 3.63) is 64.7 Å². The molecule has 0 bridgehead atoms. The second-order valence-corrected chi connectivity index (χ2v) is 11.8. The van der Waals surface area contributed by atoms with Crippen molar-refractivity contribution in [1.29, 1.82) is 0 Å². The van der Waals surface area contributed by atoms with Crippen LogP contribution in [0.4, 0.5) is 13.2 Å². The second kappa shape index (κ2) is 9.38. The first-order valence-corrected chi connectivity index (χ1v) is 13.6. The standard InChI is InChI=1S/C25H29F3N2O4S/c1-35(31,32)30-8-6-18(7-9-30)19-10-22(26)24(23(27)11-19)34-21-13-29(14-21)12-17-2-4-20(5-3-17)25(28)15-33-16-25/h2-5,10-11,18,21H,6-9,12-16H2,1H3. The van der Waals surface area contributed by atoms with Gasteiger partial charge in [0.25, 0.3) is 0 Å². The number of hydrogen-bond acceptors (Lipinski definition) is 5. The lowest BCUT2D eigenvalue weighted by molar-refractivity contribution is -0.135. The van der Waals surface area contributed by atoms with Gasteiger partial charge in [-0.3, -0.25) is 4.90 Å². The van der Waals surface area contributed by atoms with E-state index >= 15 is 0 Å². The molecule has 3 fully saturated rings. The smallest absolute Gasteiger partial charge is 0.211 e. The fraction of sp³-hybridized carbons (Fsp3) is 0.520. The number of nitrogens with zero attached hydrogens (tertiary/aromatic N) is 2. The summed E-state index contributed by atoms with van der Waals surface area (Å²) in [5.41, 5.74) is 0.792. The molecule has 3 aliphatic rings. The monoisotopic (exact) mass is 510 g/mol. The summed E-state index contributed by atoms with van der Waals surface area (Å²) >= 11 is 0. The molecule has 0 N–H and O–H groups in total. The van der Waals surface area contributed by atoms with Gasteiger partial charge in [0.2, 0.25) is 10.0 Å². The number of hydrogen-bond donors (Lipinski definition) is 0. The molecule has 0 atom stereocenters. The normalized spacial score (nSPS) is 21.9. The number of alkyl halides is 1. The Hall–Kier alpha value is -2.14. The van der Waals surface area contributed by atoms with Gasteiger partial charge in [0, 0.05) is 32.7 Å². The molecule has 10 heteroatoms. The van der Waals surface area contributed by atoms with Crippen molar-refractivity contribution in [3.8, 4) is 5.75 Å². The molecular formula is C25H29F3N2O4S. The maximum Gasteiger partial charge on any atom is 0.211 e. The van der Waals surface area contributed by atoms with Crippen molar-refractivity contribution >= 4 is 10.0 Å².